The highest BCUT2D eigenvalue weighted by Crippen LogP contribution is 2.43. The van der Waals surface area contributed by atoms with Crippen LogP contribution in [0, 0.1) is 11.3 Å². The van der Waals surface area contributed by atoms with E-state index in [0.29, 0.717) is 40.5 Å². The summed E-state index contributed by atoms with van der Waals surface area (Å²) in [6.07, 6.45) is 0.805. The quantitative estimate of drug-likeness (QED) is 0.795. The molecule has 0 bridgehead atoms. The van der Waals surface area contributed by atoms with Gasteiger partial charge in [-0.05, 0) is 15.9 Å². The van der Waals surface area contributed by atoms with E-state index in [4.69, 9.17) is 19.5 Å². The van der Waals surface area contributed by atoms with E-state index in [1.807, 2.05) is 0 Å². The third-order valence-corrected chi connectivity index (χ3v) is 2.85. The van der Waals surface area contributed by atoms with Crippen LogP contribution < -0.4 is 14.2 Å². The van der Waals surface area contributed by atoms with E-state index >= 15 is 0 Å². The predicted octanol–water partition coefficient (Wildman–Crippen LogP) is 2.49. The van der Waals surface area contributed by atoms with Gasteiger partial charge in [-0.15, -0.1) is 0 Å². The van der Waals surface area contributed by atoms with Gasteiger partial charge >= 0.3 is 0 Å². The predicted molar refractivity (Wildman–Crippen MR) is 61.0 cm³/mol. The Morgan fingerprint density at radius 1 is 1.44 bits per heavy atom. The molecule has 0 aliphatic carbocycles. The van der Waals surface area contributed by atoms with E-state index in [1.165, 1.54) is 7.11 Å². The largest absolute Gasteiger partial charge is 0.494 e. The van der Waals surface area contributed by atoms with Crippen LogP contribution in [0.1, 0.15) is 12.0 Å². The maximum atomic E-state index is 9.14. The van der Waals surface area contributed by atoms with Crippen molar-refractivity contribution in [1.82, 2.24) is 0 Å². The highest BCUT2D eigenvalue weighted by Gasteiger charge is 2.21. The molecule has 4 nitrogen and oxygen atoms in total. The molecule has 5 heteroatoms. The Morgan fingerprint density at radius 3 is 2.88 bits per heavy atom. The van der Waals surface area contributed by atoms with Gasteiger partial charge < -0.3 is 14.2 Å². The van der Waals surface area contributed by atoms with Gasteiger partial charge in [-0.1, -0.05) is 0 Å². The number of halogens is 1. The number of methoxy groups -OCH3 is 1. The van der Waals surface area contributed by atoms with Crippen molar-refractivity contribution in [2.24, 2.45) is 0 Å². The second kappa shape index (κ2) is 4.62. The highest BCUT2D eigenvalue weighted by atomic mass is 79.9. The molecule has 84 valence electrons. The summed E-state index contributed by atoms with van der Waals surface area (Å²) in [5.41, 5.74) is 0.369. The monoisotopic (exact) mass is 283 g/mol. The molecule has 1 aromatic carbocycles. The standard InChI is InChI=1S/C11H10BrNO3/c1-14-10-7(6-13)11-9(5-8(10)12)15-3-2-4-16-11/h5H,2-4H2,1H3. The number of nitrogens with zero attached hydrogens (tertiary/aromatic N) is 1. The third-order valence-electron chi connectivity index (χ3n) is 2.26. The Morgan fingerprint density at radius 2 is 2.19 bits per heavy atom. The number of ether oxygens (including phenoxy) is 3. The normalized spacial score (nSPS) is 13.8. The molecule has 0 spiro atoms. The Balaban J connectivity index is 2.62. The Kier molecular flexibility index (Phi) is 3.20. The average Bonchev–Trinajstić information content (AvgIpc) is 2.52. The van der Waals surface area contributed by atoms with Gasteiger partial charge in [-0.2, -0.15) is 5.26 Å². The lowest BCUT2D eigenvalue weighted by Gasteiger charge is -2.13. The maximum absolute atomic E-state index is 9.14. The summed E-state index contributed by atoms with van der Waals surface area (Å²) in [5.74, 6) is 1.54. The Labute approximate surface area is 102 Å². The summed E-state index contributed by atoms with van der Waals surface area (Å²) in [7, 11) is 1.52. The lowest BCUT2D eigenvalue weighted by molar-refractivity contribution is 0.296. The summed E-state index contributed by atoms with van der Waals surface area (Å²) in [6.45, 7) is 1.14. The fourth-order valence-electron chi connectivity index (χ4n) is 1.56. The number of nitriles is 1. The minimum absolute atomic E-state index is 0.369. The molecule has 0 aromatic heterocycles. The van der Waals surface area contributed by atoms with Crippen LogP contribution in [0.3, 0.4) is 0 Å². The molecular formula is C11H10BrNO3. The van der Waals surface area contributed by atoms with Crippen LogP contribution in [0.15, 0.2) is 10.5 Å². The summed E-state index contributed by atoms with van der Waals surface area (Å²) in [4.78, 5) is 0. The summed E-state index contributed by atoms with van der Waals surface area (Å²) in [6, 6.07) is 3.85. The molecule has 0 radical (unpaired) electrons. The van der Waals surface area contributed by atoms with Gasteiger partial charge in [0.2, 0.25) is 0 Å². The molecule has 1 aliphatic rings. The first-order chi connectivity index (χ1) is 7.77. The zero-order valence-corrected chi connectivity index (χ0v) is 10.3. The van der Waals surface area contributed by atoms with E-state index in [-0.39, 0.29) is 0 Å². The molecule has 2 rings (SSSR count). The number of fused-ring (bicyclic) bond motifs is 1. The molecule has 1 aliphatic heterocycles. The van der Waals surface area contributed by atoms with Gasteiger partial charge in [-0.3, -0.25) is 0 Å². The van der Waals surface area contributed by atoms with Gasteiger partial charge in [0, 0.05) is 12.5 Å². The molecule has 0 fully saturated rings. The minimum Gasteiger partial charge on any atom is -0.494 e. The highest BCUT2D eigenvalue weighted by molar-refractivity contribution is 9.10. The zero-order chi connectivity index (χ0) is 11.5. The number of hydrogen-bond acceptors (Lipinski definition) is 4. The van der Waals surface area contributed by atoms with E-state index in [0.717, 1.165) is 6.42 Å². The van der Waals surface area contributed by atoms with Crippen LogP contribution in [-0.4, -0.2) is 20.3 Å². The van der Waals surface area contributed by atoms with Crippen LogP contribution in [0.2, 0.25) is 0 Å². The first-order valence-corrected chi connectivity index (χ1v) is 5.63. The van der Waals surface area contributed by atoms with Gasteiger partial charge in [-0.25, -0.2) is 0 Å². The van der Waals surface area contributed by atoms with E-state index in [9.17, 15) is 0 Å². The van der Waals surface area contributed by atoms with Crippen molar-refractivity contribution in [3.8, 4) is 23.3 Å². The van der Waals surface area contributed by atoms with Crippen LogP contribution in [0.25, 0.3) is 0 Å². The fraction of sp³-hybridized carbons (Fsp3) is 0.364. The van der Waals surface area contributed by atoms with E-state index in [1.54, 1.807) is 6.07 Å². The maximum Gasteiger partial charge on any atom is 0.182 e. The van der Waals surface area contributed by atoms with Gasteiger partial charge in [0.25, 0.3) is 0 Å². The van der Waals surface area contributed by atoms with Crippen molar-refractivity contribution in [2.75, 3.05) is 20.3 Å². The minimum atomic E-state index is 0.369. The van der Waals surface area contributed by atoms with E-state index in [2.05, 4.69) is 22.0 Å². The second-order valence-corrected chi connectivity index (χ2v) is 4.11. The lowest BCUT2D eigenvalue weighted by Crippen LogP contribution is -1.99. The Hall–Kier alpha value is -1.41. The van der Waals surface area contributed by atoms with Crippen LogP contribution in [0.5, 0.6) is 17.2 Å². The van der Waals surface area contributed by atoms with Crippen LogP contribution in [0.4, 0.5) is 0 Å². The molecule has 0 N–H and O–H groups in total. The Bertz CT molecular complexity index is 454. The smallest absolute Gasteiger partial charge is 0.182 e. The molecule has 16 heavy (non-hydrogen) atoms. The molecule has 0 amide bonds. The first kappa shape index (κ1) is 11.1. The molecule has 1 heterocycles. The van der Waals surface area contributed by atoms with Crippen molar-refractivity contribution in [3.63, 3.8) is 0 Å². The molecule has 0 saturated heterocycles. The summed E-state index contributed by atoms with van der Waals surface area (Å²) < 4.78 is 16.9. The van der Waals surface area contributed by atoms with E-state index < -0.39 is 0 Å². The number of hydrogen-bond donors (Lipinski definition) is 0. The number of rotatable bonds is 1. The molecule has 0 unspecified atom stereocenters. The molecule has 0 atom stereocenters. The summed E-state index contributed by atoms with van der Waals surface area (Å²) >= 11 is 3.34. The van der Waals surface area contributed by atoms with Crippen molar-refractivity contribution < 1.29 is 14.2 Å². The van der Waals surface area contributed by atoms with Crippen LogP contribution in [-0.2, 0) is 0 Å². The van der Waals surface area contributed by atoms with Crippen molar-refractivity contribution in [3.05, 3.63) is 16.1 Å². The number of benzene rings is 1. The van der Waals surface area contributed by atoms with Gasteiger partial charge in [0.05, 0.1) is 24.8 Å². The second-order valence-electron chi connectivity index (χ2n) is 3.26. The topological polar surface area (TPSA) is 51.5 Å². The summed E-state index contributed by atoms with van der Waals surface area (Å²) in [5, 5.41) is 9.14. The van der Waals surface area contributed by atoms with Crippen LogP contribution >= 0.6 is 15.9 Å². The molecule has 1 aromatic rings. The zero-order valence-electron chi connectivity index (χ0n) is 8.75. The fourth-order valence-corrected chi connectivity index (χ4v) is 2.13. The average molecular weight is 284 g/mol. The van der Waals surface area contributed by atoms with Crippen molar-refractivity contribution in [1.29, 1.82) is 5.26 Å². The third kappa shape index (κ3) is 1.81. The molecular weight excluding hydrogens is 274 g/mol. The van der Waals surface area contributed by atoms with Gasteiger partial charge in [0.15, 0.2) is 17.2 Å². The van der Waals surface area contributed by atoms with Crippen molar-refractivity contribution >= 4 is 15.9 Å². The SMILES string of the molecule is COc1c(Br)cc2c(c1C#N)OCCCO2. The first-order valence-electron chi connectivity index (χ1n) is 4.84. The molecule has 0 saturated carbocycles. The lowest BCUT2D eigenvalue weighted by atomic mass is 10.2. The van der Waals surface area contributed by atoms with Gasteiger partial charge in [0.1, 0.15) is 11.6 Å². The van der Waals surface area contributed by atoms with Crippen molar-refractivity contribution in [2.45, 2.75) is 6.42 Å².